The Bertz CT molecular complexity index is 165. The molecule has 1 unspecified atom stereocenters. The summed E-state index contributed by atoms with van der Waals surface area (Å²) in [4.78, 5) is 11.1. The van der Waals surface area contributed by atoms with Crippen LogP contribution in [0.15, 0.2) is 0 Å². The Labute approximate surface area is 86.7 Å². The van der Waals surface area contributed by atoms with E-state index < -0.39 is 11.4 Å². The van der Waals surface area contributed by atoms with E-state index in [0.717, 1.165) is 19.3 Å². The zero-order valence-electron chi connectivity index (χ0n) is 9.38. The van der Waals surface area contributed by atoms with Gasteiger partial charge in [0, 0.05) is 6.54 Å². The van der Waals surface area contributed by atoms with E-state index in [0.29, 0.717) is 6.42 Å². The van der Waals surface area contributed by atoms with Crippen LogP contribution in [0.2, 0.25) is 0 Å². The first-order chi connectivity index (χ1) is 6.63. The van der Waals surface area contributed by atoms with Gasteiger partial charge >= 0.3 is 5.97 Å². The highest BCUT2D eigenvalue weighted by Gasteiger charge is 2.34. The van der Waals surface area contributed by atoms with Gasteiger partial charge in [0.15, 0.2) is 0 Å². The topological polar surface area (TPSA) is 63.3 Å². The largest absolute Gasteiger partial charge is 0.481 e. The highest BCUT2D eigenvalue weighted by molar-refractivity contribution is 5.74. The number of hydrogen-bond acceptors (Lipinski definition) is 2. The van der Waals surface area contributed by atoms with Gasteiger partial charge in [0.05, 0.1) is 5.41 Å². The average molecular weight is 201 g/mol. The van der Waals surface area contributed by atoms with Gasteiger partial charge < -0.3 is 10.8 Å². The van der Waals surface area contributed by atoms with Crippen LogP contribution in [-0.4, -0.2) is 17.6 Å². The van der Waals surface area contributed by atoms with E-state index in [1.54, 1.807) is 0 Å². The highest BCUT2D eigenvalue weighted by atomic mass is 16.4. The average Bonchev–Trinajstić information content (AvgIpc) is 2.18. The van der Waals surface area contributed by atoms with Crippen molar-refractivity contribution in [1.82, 2.24) is 0 Å². The van der Waals surface area contributed by atoms with Gasteiger partial charge in [-0.05, 0) is 12.8 Å². The van der Waals surface area contributed by atoms with Crippen molar-refractivity contribution in [1.29, 1.82) is 0 Å². The van der Waals surface area contributed by atoms with Gasteiger partial charge in [-0.2, -0.15) is 0 Å². The molecule has 0 radical (unpaired) electrons. The molecule has 3 N–H and O–H groups in total. The third-order valence-corrected chi connectivity index (χ3v) is 3.03. The molecular formula is C11H23NO2. The molecule has 0 aliphatic heterocycles. The van der Waals surface area contributed by atoms with Gasteiger partial charge in [-0.3, -0.25) is 4.79 Å². The van der Waals surface area contributed by atoms with Gasteiger partial charge in [-0.15, -0.1) is 0 Å². The molecular weight excluding hydrogens is 178 g/mol. The number of carboxylic acids is 1. The van der Waals surface area contributed by atoms with Crippen LogP contribution < -0.4 is 5.73 Å². The van der Waals surface area contributed by atoms with Crippen molar-refractivity contribution in [2.75, 3.05) is 6.54 Å². The summed E-state index contributed by atoms with van der Waals surface area (Å²) in [6.45, 7) is 4.30. The first-order valence-electron chi connectivity index (χ1n) is 5.56. The third kappa shape index (κ3) is 3.66. The lowest BCUT2D eigenvalue weighted by atomic mass is 9.80. The van der Waals surface area contributed by atoms with Crippen LogP contribution in [0.3, 0.4) is 0 Å². The second-order valence-corrected chi connectivity index (χ2v) is 3.95. The van der Waals surface area contributed by atoms with Gasteiger partial charge in [0.25, 0.3) is 0 Å². The van der Waals surface area contributed by atoms with Crippen LogP contribution in [0, 0.1) is 5.41 Å². The summed E-state index contributed by atoms with van der Waals surface area (Å²) < 4.78 is 0. The lowest BCUT2D eigenvalue weighted by molar-refractivity contribution is -0.149. The number of carbonyl (C=O) groups is 1. The predicted molar refractivity (Wildman–Crippen MR) is 58.2 cm³/mol. The fraction of sp³-hybridized carbons (Fsp3) is 0.909. The molecule has 0 aromatic heterocycles. The van der Waals surface area contributed by atoms with E-state index in [9.17, 15) is 4.79 Å². The second-order valence-electron chi connectivity index (χ2n) is 3.95. The van der Waals surface area contributed by atoms with Crippen molar-refractivity contribution in [2.45, 2.75) is 52.4 Å². The molecule has 0 rings (SSSR count). The van der Waals surface area contributed by atoms with Crippen molar-refractivity contribution in [2.24, 2.45) is 11.1 Å². The monoisotopic (exact) mass is 201 g/mol. The van der Waals surface area contributed by atoms with Crippen molar-refractivity contribution >= 4 is 5.97 Å². The maximum Gasteiger partial charge on any atom is 0.310 e. The number of aliphatic carboxylic acids is 1. The summed E-state index contributed by atoms with van der Waals surface area (Å²) in [5.41, 5.74) is 4.88. The van der Waals surface area contributed by atoms with Crippen molar-refractivity contribution < 1.29 is 9.90 Å². The first kappa shape index (κ1) is 13.4. The normalized spacial score (nSPS) is 15.1. The second kappa shape index (κ2) is 6.82. The predicted octanol–water partition coefficient (Wildman–Crippen LogP) is 2.40. The van der Waals surface area contributed by atoms with Crippen LogP contribution in [0.5, 0.6) is 0 Å². The number of nitrogens with two attached hydrogens (primary N) is 1. The SMILES string of the molecule is CCCCCCC(CC)(CN)C(=O)O. The highest BCUT2D eigenvalue weighted by Crippen LogP contribution is 2.28. The van der Waals surface area contributed by atoms with Crippen LogP contribution in [0.4, 0.5) is 0 Å². The molecule has 14 heavy (non-hydrogen) atoms. The van der Waals surface area contributed by atoms with Crippen molar-refractivity contribution in [3.63, 3.8) is 0 Å². The Hall–Kier alpha value is -0.570. The summed E-state index contributed by atoms with van der Waals surface area (Å²) in [7, 11) is 0. The Kier molecular flexibility index (Phi) is 6.54. The Balaban J connectivity index is 4.02. The van der Waals surface area contributed by atoms with Gasteiger partial charge in [-0.25, -0.2) is 0 Å². The standard InChI is InChI=1S/C11H23NO2/c1-3-5-6-7-8-11(4-2,9-12)10(13)14/h3-9,12H2,1-2H3,(H,13,14). The molecule has 3 heteroatoms. The van der Waals surface area contributed by atoms with E-state index in [-0.39, 0.29) is 6.54 Å². The van der Waals surface area contributed by atoms with Crippen LogP contribution in [0.25, 0.3) is 0 Å². The number of carboxylic acid groups (broad SMARTS) is 1. The van der Waals surface area contributed by atoms with E-state index in [1.165, 1.54) is 12.8 Å². The van der Waals surface area contributed by atoms with Crippen LogP contribution in [-0.2, 0) is 4.79 Å². The van der Waals surface area contributed by atoms with Crippen LogP contribution >= 0.6 is 0 Å². The molecule has 3 nitrogen and oxygen atoms in total. The minimum atomic E-state index is -0.737. The summed E-state index contributed by atoms with van der Waals surface area (Å²) >= 11 is 0. The van der Waals surface area contributed by atoms with E-state index in [4.69, 9.17) is 10.8 Å². The molecule has 0 amide bonds. The van der Waals surface area contributed by atoms with E-state index in [1.807, 2.05) is 6.92 Å². The minimum absolute atomic E-state index is 0.255. The zero-order chi connectivity index (χ0) is 11.0. The molecule has 0 saturated carbocycles. The molecule has 0 bridgehead atoms. The third-order valence-electron chi connectivity index (χ3n) is 3.03. The number of hydrogen-bond donors (Lipinski definition) is 2. The van der Waals surface area contributed by atoms with E-state index >= 15 is 0 Å². The van der Waals surface area contributed by atoms with Crippen molar-refractivity contribution in [3.8, 4) is 0 Å². The fourth-order valence-electron chi connectivity index (χ4n) is 1.66. The molecule has 0 aromatic rings. The molecule has 0 spiro atoms. The Morgan fingerprint density at radius 1 is 1.29 bits per heavy atom. The molecule has 0 aromatic carbocycles. The molecule has 84 valence electrons. The zero-order valence-corrected chi connectivity index (χ0v) is 9.38. The Morgan fingerprint density at radius 2 is 1.93 bits per heavy atom. The lowest BCUT2D eigenvalue weighted by Crippen LogP contribution is -2.38. The fourth-order valence-corrected chi connectivity index (χ4v) is 1.66. The summed E-state index contributed by atoms with van der Waals surface area (Å²) in [6.07, 6.45) is 5.80. The maximum absolute atomic E-state index is 11.1. The maximum atomic E-state index is 11.1. The number of rotatable bonds is 8. The Morgan fingerprint density at radius 3 is 2.29 bits per heavy atom. The van der Waals surface area contributed by atoms with Crippen molar-refractivity contribution in [3.05, 3.63) is 0 Å². The smallest absolute Gasteiger partial charge is 0.310 e. The minimum Gasteiger partial charge on any atom is -0.481 e. The van der Waals surface area contributed by atoms with E-state index in [2.05, 4.69) is 6.92 Å². The molecule has 0 aliphatic carbocycles. The number of unbranched alkanes of at least 4 members (excludes halogenated alkanes) is 3. The molecule has 0 aliphatic rings. The van der Waals surface area contributed by atoms with Gasteiger partial charge in [0.1, 0.15) is 0 Å². The quantitative estimate of drug-likeness (QED) is 0.593. The molecule has 0 saturated heterocycles. The summed E-state index contributed by atoms with van der Waals surface area (Å²) in [5.74, 6) is -0.737. The van der Waals surface area contributed by atoms with Crippen LogP contribution in [0.1, 0.15) is 52.4 Å². The molecule has 0 heterocycles. The summed E-state index contributed by atoms with van der Waals surface area (Å²) in [5, 5.41) is 9.10. The first-order valence-corrected chi connectivity index (χ1v) is 5.56. The van der Waals surface area contributed by atoms with Gasteiger partial charge in [0.2, 0.25) is 0 Å². The van der Waals surface area contributed by atoms with Gasteiger partial charge in [-0.1, -0.05) is 39.5 Å². The molecule has 1 atom stereocenters. The lowest BCUT2D eigenvalue weighted by Gasteiger charge is -2.26. The molecule has 0 fully saturated rings. The summed E-state index contributed by atoms with van der Waals surface area (Å²) in [6, 6.07) is 0.